The van der Waals surface area contributed by atoms with Gasteiger partial charge in [-0.1, -0.05) is 66.7 Å². The first-order valence-corrected chi connectivity index (χ1v) is 6.69. The van der Waals surface area contributed by atoms with Gasteiger partial charge in [-0.25, -0.2) is 4.79 Å². The zero-order valence-corrected chi connectivity index (χ0v) is 11.6. The van der Waals surface area contributed by atoms with Gasteiger partial charge in [0.15, 0.2) is 0 Å². The molecule has 2 aromatic rings. The molecule has 20 heavy (non-hydrogen) atoms. The first-order chi connectivity index (χ1) is 9.79. The predicted molar refractivity (Wildman–Crippen MR) is 80.1 cm³/mol. The Morgan fingerprint density at radius 3 is 2.05 bits per heavy atom. The van der Waals surface area contributed by atoms with E-state index < -0.39 is 0 Å². The van der Waals surface area contributed by atoms with E-state index in [1.54, 1.807) is 0 Å². The van der Waals surface area contributed by atoms with Crippen molar-refractivity contribution in [1.29, 1.82) is 0 Å². The molecule has 0 radical (unpaired) electrons. The van der Waals surface area contributed by atoms with Crippen molar-refractivity contribution in [2.75, 3.05) is 0 Å². The molecule has 0 unspecified atom stereocenters. The van der Waals surface area contributed by atoms with Crippen molar-refractivity contribution >= 4 is 5.97 Å². The number of allylic oxidation sites excluding steroid dienone is 1. The van der Waals surface area contributed by atoms with Gasteiger partial charge in [-0.3, -0.25) is 0 Å². The molecule has 0 saturated heterocycles. The molecule has 0 N–H and O–H groups in total. The first kappa shape index (κ1) is 14.1. The zero-order chi connectivity index (χ0) is 14.2. The van der Waals surface area contributed by atoms with E-state index in [0.717, 1.165) is 11.1 Å². The summed E-state index contributed by atoms with van der Waals surface area (Å²) in [5.74, 6) is -0.250. The lowest BCUT2D eigenvalue weighted by Gasteiger charge is -2.08. The van der Waals surface area contributed by atoms with Crippen LogP contribution in [0.1, 0.15) is 18.1 Å². The molecule has 0 saturated carbocycles. The fourth-order valence-electron chi connectivity index (χ4n) is 1.92. The number of hydrogen-bond acceptors (Lipinski definition) is 2. The molecule has 0 fully saturated rings. The number of carbonyl (C=O) groups is 1. The second-order valence-corrected chi connectivity index (χ2v) is 4.54. The van der Waals surface area contributed by atoms with Crippen LogP contribution >= 0.6 is 0 Å². The number of hydrogen-bond donors (Lipinski definition) is 0. The van der Waals surface area contributed by atoms with Crippen molar-refractivity contribution in [3.63, 3.8) is 0 Å². The van der Waals surface area contributed by atoms with Gasteiger partial charge in [-0.15, -0.1) is 0 Å². The van der Waals surface area contributed by atoms with Crippen molar-refractivity contribution in [3.8, 4) is 0 Å². The lowest BCUT2D eigenvalue weighted by molar-refractivity contribution is -0.140. The zero-order valence-electron chi connectivity index (χ0n) is 11.6. The molecule has 0 heterocycles. The summed E-state index contributed by atoms with van der Waals surface area (Å²) in [6.07, 6.45) is 2.42. The third kappa shape index (κ3) is 4.09. The standard InChI is InChI=1S/C18H18O2/c1-2-17(13-15-9-5-3-6-10-15)18(19)20-14-16-11-7-4-8-12-16/h2-12H,13-14H2,1H3/b17-2-. The fourth-order valence-corrected chi connectivity index (χ4v) is 1.92. The average Bonchev–Trinajstić information content (AvgIpc) is 2.52. The average molecular weight is 266 g/mol. The van der Waals surface area contributed by atoms with Crippen LogP contribution in [-0.2, 0) is 22.6 Å². The summed E-state index contributed by atoms with van der Waals surface area (Å²) in [7, 11) is 0. The predicted octanol–water partition coefficient (Wildman–Crippen LogP) is 3.92. The molecule has 0 bridgehead atoms. The number of ether oxygens (including phenoxy) is 1. The van der Waals surface area contributed by atoms with Crippen molar-refractivity contribution in [3.05, 3.63) is 83.4 Å². The summed E-state index contributed by atoms with van der Waals surface area (Å²) in [6.45, 7) is 2.17. The van der Waals surface area contributed by atoms with Crippen molar-refractivity contribution in [2.45, 2.75) is 20.0 Å². The Morgan fingerprint density at radius 1 is 0.950 bits per heavy atom. The largest absolute Gasteiger partial charge is 0.457 e. The van der Waals surface area contributed by atoms with Gasteiger partial charge in [-0.2, -0.15) is 0 Å². The Kier molecular flexibility index (Phi) is 5.13. The third-order valence-electron chi connectivity index (χ3n) is 3.06. The van der Waals surface area contributed by atoms with E-state index in [2.05, 4.69) is 0 Å². The van der Waals surface area contributed by atoms with Gasteiger partial charge < -0.3 is 4.74 Å². The SMILES string of the molecule is C/C=C(/Cc1ccccc1)C(=O)OCc1ccccc1. The molecule has 102 valence electrons. The van der Waals surface area contributed by atoms with Crippen LogP contribution in [0.2, 0.25) is 0 Å². The van der Waals surface area contributed by atoms with Crippen LogP contribution in [0.3, 0.4) is 0 Å². The van der Waals surface area contributed by atoms with Gasteiger partial charge in [0.2, 0.25) is 0 Å². The summed E-state index contributed by atoms with van der Waals surface area (Å²) < 4.78 is 5.35. The monoisotopic (exact) mass is 266 g/mol. The Morgan fingerprint density at radius 2 is 1.50 bits per heavy atom. The highest BCUT2D eigenvalue weighted by molar-refractivity contribution is 5.88. The molecule has 0 aliphatic heterocycles. The first-order valence-electron chi connectivity index (χ1n) is 6.69. The van der Waals surface area contributed by atoms with Crippen molar-refractivity contribution in [1.82, 2.24) is 0 Å². The molecule has 0 aliphatic rings. The second-order valence-electron chi connectivity index (χ2n) is 4.54. The van der Waals surface area contributed by atoms with Crippen molar-refractivity contribution < 1.29 is 9.53 Å². The summed E-state index contributed by atoms with van der Waals surface area (Å²) in [4.78, 5) is 12.1. The van der Waals surface area contributed by atoms with E-state index in [-0.39, 0.29) is 5.97 Å². The maximum absolute atomic E-state index is 12.1. The maximum Gasteiger partial charge on any atom is 0.334 e. The molecular formula is C18H18O2. The highest BCUT2D eigenvalue weighted by Gasteiger charge is 2.10. The van der Waals surface area contributed by atoms with Crippen LogP contribution in [0.25, 0.3) is 0 Å². The smallest absolute Gasteiger partial charge is 0.334 e. The molecule has 0 aliphatic carbocycles. The molecule has 2 rings (SSSR count). The molecule has 0 spiro atoms. The minimum atomic E-state index is -0.250. The van der Waals surface area contributed by atoms with Crippen LogP contribution in [-0.4, -0.2) is 5.97 Å². The van der Waals surface area contributed by atoms with Crippen molar-refractivity contribution in [2.24, 2.45) is 0 Å². The van der Waals surface area contributed by atoms with E-state index >= 15 is 0 Å². The van der Waals surface area contributed by atoms with Crippen LogP contribution in [0.15, 0.2) is 72.3 Å². The normalized spacial score (nSPS) is 11.2. The lowest BCUT2D eigenvalue weighted by Crippen LogP contribution is -2.10. The van der Waals surface area contributed by atoms with Crippen LogP contribution < -0.4 is 0 Å². The summed E-state index contributed by atoms with van der Waals surface area (Å²) >= 11 is 0. The Balaban J connectivity index is 1.93. The quantitative estimate of drug-likeness (QED) is 0.605. The van der Waals surface area contributed by atoms with Crippen LogP contribution in [0.5, 0.6) is 0 Å². The third-order valence-corrected chi connectivity index (χ3v) is 3.06. The second kappa shape index (κ2) is 7.29. The lowest BCUT2D eigenvalue weighted by atomic mass is 10.1. The van der Waals surface area contributed by atoms with Gasteiger partial charge in [0.05, 0.1) is 0 Å². The highest BCUT2D eigenvalue weighted by atomic mass is 16.5. The molecule has 0 aromatic heterocycles. The number of esters is 1. The van der Waals surface area contributed by atoms with Gasteiger partial charge >= 0.3 is 5.97 Å². The Bertz CT molecular complexity index is 571. The Labute approximate surface area is 119 Å². The molecule has 2 nitrogen and oxygen atoms in total. The maximum atomic E-state index is 12.1. The molecule has 2 heteroatoms. The molecule has 0 amide bonds. The summed E-state index contributed by atoms with van der Waals surface area (Å²) in [5, 5.41) is 0. The highest BCUT2D eigenvalue weighted by Crippen LogP contribution is 2.11. The van der Waals surface area contributed by atoms with Gasteiger partial charge in [0.25, 0.3) is 0 Å². The van der Waals surface area contributed by atoms with Crippen LogP contribution in [0, 0.1) is 0 Å². The summed E-state index contributed by atoms with van der Waals surface area (Å²) in [6, 6.07) is 19.6. The fraction of sp³-hybridized carbons (Fsp3) is 0.167. The van der Waals surface area contributed by atoms with E-state index in [9.17, 15) is 4.79 Å². The number of carbonyl (C=O) groups excluding carboxylic acids is 1. The van der Waals surface area contributed by atoms with Gasteiger partial charge in [-0.05, 0) is 18.1 Å². The van der Waals surface area contributed by atoms with Crippen LogP contribution in [0.4, 0.5) is 0 Å². The van der Waals surface area contributed by atoms with E-state index in [1.807, 2.05) is 73.7 Å². The van der Waals surface area contributed by atoms with E-state index in [4.69, 9.17) is 4.74 Å². The van der Waals surface area contributed by atoms with E-state index in [1.165, 1.54) is 0 Å². The van der Waals surface area contributed by atoms with Gasteiger partial charge in [0.1, 0.15) is 6.61 Å². The molecule has 0 atom stereocenters. The topological polar surface area (TPSA) is 26.3 Å². The Hall–Kier alpha value is -2.35. The minimum absolute atomic E-state index is 0.250. The minimum Gasteiger partial charge on any atom is -0.457 e. The van der Waals surface area contributed by atoms with E-state index in [0.29, 0.717) is 18.6 Å². The van der Waals surface area contributed by atoms with Gasteiger partial charge in [0, 0.05) is 12.0 Å². The number of rotatable bonds is 5. The summed E-state index contributed by atoms with van der Waals surface area (Å²) in [5.41, 5.74) is 2.79. The number of benzene rings is 2. The molecular weight excluding hydrogens is 248 g/mol. The molecule has 2 aromatic carbocycles.